The minimum atomic E-state index is -4.41. The lowest BCUT2D eigenvalue weighted by atomic mass is 10.2. The Balaban J connectivity index is 0.000000501. The highest BCUT2D eigenvalue weighted by atomic mass is 32.3. The quantitative estimate of drug-likeness (QED) is 0.227. The highest BCUT2D eigenvalue weighted by molar-refractivity contribution is 7.80. The number of pyridine rings is 1. The first-order chi connectivity index (χ1) is 14.9. The number of hydrogen-bond donors (Lipinski definition) is 0. The van der Waals surface area contributed by atoms with E-state index in [9.17, 15) is 13.0 Å². The van der Waals surface area contributed by atoms with Gasteiger partial charge in [-0.05, 0) is 29.8 Å². The van der Waals surface area contributed by atoms with Crippen LogP contribution in [-0.4, -0.2) is 47.2 Å². The fourth-order valence-corrected chi connectivity index (χ4v) is 2.55. The third-order valence-electron chi connectivity index (χ3n) is 4.16. The Bertz CT molecular complexity index is 1070. The van der Waals surface area contributed by atoms with Gasteiger partial charge in [0.25, 0.3) is 0 Å². The molecular weight excluding hydrogens is 422 g/mol. The molecule has 0 unspecified atom stereocenters. The lowest BCUT2D eigenvalue weighted by molar-refractivity contribution is -0.538. The molecule has 2 aromatic carbocycles. The van der Waals surface area contributed by atoms with Crippen LogP contribution in [0.2, 0.25) is 0 Å². The van der Waals surface area contributed by atoms with E-state index in [1.54, 1.807) is 14.2 Å². The molecule has 0 saturated carbocycles. The molecule has 0 atom stereocenters. The molecule has 0 spiro atoms. The van der Waals surface area contributed by atoms with E-state index in [1.165, 1.54) is 10.9 Å². The van der Waals surface area contributed by atoms with Crippen LogP contribution in [0, 0.1) is 0 Å². The molecule has 166 valence electrons. The van der Waals surface area contributed by atoms with Gasteiger partial charge in [-0.2, -0.15) is 4.57 Å². The summed E-state index contributed by atoms with van der Waals surface area (Å²) in [7, 11) is -0.417. The van der Waals surface area contributed by atoms with E-state index in [1.807, 2.05) is 48.7 Å². The van der Waals surface area contributed by atoms with Gasteiger partial charge >= 0.3 is 0 Å². The van der Waals surface area contributed by atoms with Gasteiger partial charge in [0.05, 0.1) is 7.11 Å². The zero-order chi connectivity index (χ0) is 22.7. The van der Waals surface area contributed by atoms with Crippen molar-refractivity contribution in [3.8, 4) is 5.75 Å². The van der Waals surface area contributed by atoms with E-state index in [0.29, 0.717) is 6.61 Å². The van der Waals surface area contributed by atoms with Crippen LogP contribution in [0.5, 0.6) is 5.75 Å². The van der Waals surface area contributed by atoms with Gasteiger partial charge in [0.15, 0.2) is 18.7 Å². The molecule has 0 amide bonds. The summed E-state index contributed by atoms with van der Waals surface area (Å²) in [6.45, 7) is 0.355. The van der Waals surface area contributed by atoms with E-state index in [4.69, 9.17) is 14.2 Å². The molecule has 3 rings (SSSR count). The molecule has 0 aliphatic carbocycles. The van der Waals surface area contributed by atoms with Crippen molar-refractivity contribution in [2.24, 2.45) is 0 Å². The maximum atomic E-state index is 9.22. The number of methoxy groups -OCH3 is 2. The Morgan fingerprint density at radius 3 is 2.19 bits per heavy atom. The van der Waals surface area contributed by atoms with Gasteiger partial charge in [0.1, 0.15) is 12.4 Å². The number of ether oxygens (including phenoxy) is 3. The van der Waals surface area contributed by atoms with Gasteiger partial charge in [0.2, 0.25) is 15.9 Å². The number of aromatic nitrogens is 1. The standard InChI is InChI=1S/C21H22NO3.CH4O4S/c1-23-21(24-2)16-25-19-11-9-17(10-12-19)13-15-22-14-5-7-18-6-3-4-8-20(18)22;1-5-6(2,3)4/h3-15,21H,16H2,1-2H3;1H3,(H,2,3,4)/q+1;/p-1. The summed E-state index contributed by atoms with van der Waals surface area (Å²) in [5.74, 6) is 0.786. The largest absolute Gasteiger partial charge is 0.726 e. The van der Waals surface area contributed by atoms with Gasteiger partial charge in [-0.3, -0.25) is 4.18 Å². The lowest BCUT2D eigenvalue weighted by Gasteiger charge is -2.14. The number of nitrogens with zero attached hydrogens (tertiary/aromatic N) is 1. The van der Waals surface area contributed by atoms with Crippen molar-refractivity contribution < 1.29 is 35.9 Å². The molecule has 1 aromatic heterocycles. The van der Waals surface area contributed by atoms with E-state index < -0.39 is 10.4 Å². The molecule has 0 radical (unpaired) electrons. The van der Waals surface area contributed by atoms with Crippen LogP contribution in [-0.2, 0) is 24.1 Å². The van der Waals surface area contributed by atoms with Crippen molar-refractivity contribution in [1.82, 2.24) is 0 Å². The second-order valence-corrected chi connectivity index (χ2v) is 7.30. The van der Waals surface area contributed by atoms with Crippen molar-refractivity contribution in [1.29, 1.82) is 0 Å². The lowest BCUT2D eigenvalue weighted by Crippen LogP contribution is -2.25. The smallest absolute Gasteiger partial charge is 0.217 e. The third-order valence-corrected chi connectivity index (χ3v) is 4.57. The average molecular weight is 448 g/mol. The summed E-state index contributed by atoms with van der Waals surface area (Å²) in [6.07, 6.45) is 5.82. The second-order valence-electron chi connectivity index (χ2n) is 6.15. The van der Waals surface area contributed by atoms with Gasteiger partial charge < -0.3 is 18.8 Å². The summed E-state index contributed by atoms with van der Waals surface area (Å²) in [6, 6.07) is 20.4. The number of hydrogen-bond acceptors (Lipinski definition) is 7. The molecule has 0 aliphatic heterocycles. The minimum absolute atomic E-state index is 0.355. The maximum absolute atomic E-state index is 9.22. The van der Waals surface area contributed by atoms with Crippen molar-refractivity contribution in [2.75, 3.05) is 27.9 Å². The van der Waals surface area contributed by atoms with Crippen LogP contribution in [0.15, 0.2) is 66.9 Å². The zero-order valence-electron chi connectivity index (χ0n) is 17.5. The van der Waals surface area contributed by atoms with Gasteiger partial charge in [0, 0.05) is 37.8 Å². The fraction of sp³-hybridized carbons (Fsp3) is 0.227. The number of benzene rings is 2. The van der Waals surface area contributed by atoms with Crippen molar-refractivity contribution in [3.63, 3.8) is 0 Å². The maximum Gasteiger partial charge on any atom is 0.217 e. The fourth-order valence-electron chi connectivity index (χ4n) is 2.55. The Kier molecular flexibility index (Phi) is 9.57. The molecule has 0 aliphatic rings. The minimum Gasteiger partial charge on any atom is -0.726 e. The van der Waals surface area contributed by atoms with E-state index in [-0.39, 0.29) is 6.29 Å². The average Bonchev–Trinajstić information content (AvgIpc) is 2.79. The number of rotatable bonds is 8. The van der Waals surface area contributed by atoms with Gasteiger partial charge in [-0.15, -0.1) is 0 Å². The molecule has 8 nitrogen and oxygen atoms in total. The molecule has 3 aromatic rings. The van der Waals surface area contributed by atoms with Crippen LogP contribution in [0.3, 0.4) is 0 Å². The second kappa shape index (κ2) is 12.1. The molecule has 0 fully saturated rings. The van der Waals surface area contributed by atoms with Crippen molar-refractivity contribution >= 4 is 33.6 Å². The first kappa shape index (κ1) is 24.4. The predicted molar refractivity (Wildman–Crippen MR) is 116 cm³/mol. The SMILES string of the molecule is COC(COc1ccc(C=C[n+]2cccc3ccccc32)cc1)OC.COS(=O)(=O)[O-]. The zero-order valence-corrected chi connectivity index (χ0v) is 18.3. The Labute approximate surface area is 182 Å². The van der Waals surface area contributed by atoms with Crippen molar-refractivity contribution in [3.05, 3.63) is 72.4 Å². The highest BCUT2D eigenvalue weighted by Gasteiger charge is 2.06. The Hall–Kier alpha value is -2.82. The monoisotopic (exact) mass is 447 g/mol. The third kappa shape index (κ3) is 8.44. The Morgan fingerprint density at radius 2 is 1.58 bits per heavy atom. The summed E-state index contributed by atoms with van der Waals surface area (Å²) >= 11 is 0. The molecular formula is C22H25NO7S. The Morgan fingerprint density at radius 1 is 0.968 bits per heavy atom. The normalized spacial score (nSPS) is 11.5. The number of fused-ring (bicyclic) bond motifs is 1. The highest BCUT2D eigenvalue weighted by Crippen LogP contribution is 2.14. The first-order valence-electron chi connectivity index (χ1n) is 9.23. The topological polar surface area (TPSA) is 98.0 Å². The van der Waals surface area contributed by atoms with Crippen LogP contribution in [0.25, 0.3) is 23.2 Å². The molecule has 0 saturated heterocycles. The van der Waals surface area contributed by atoms with Crippen LogP contribution < -0.4 is 9.30 Å². The van der Waals surface area contributed by atoms with E-state index in [0.717, 1.165) is 18.4 Å². The molecule has 31 heavy (non-hydrogen) atoms. The summed E-state index contributed by atoms with van der Waals surface area (Å²) in [5, 5.41) is 1.21. The van der Waals surface area contributed by atoms with Gasteiger partial charge in [-0.1, -0.05) is 24.3 Å². The summed E-state index contributed by atoms with van der Waals surface area (Å²) < 4.78 is 49.0. The molecule has 0 N–H and O–H groups in total. The van der Waals surface area contributed by atoms with Crippen LogP contribution >= 0.6 is 0 Å². The van der Waals surface area contributed by atoms with Gasteiger partial charge in [-0.25, -0.2) is 8.42 Å². The predicted octanol–water partition coefficient (Wildman–Crippen LogP) is 2.85. The number of para-hydroxylation sites is 1. The van der Waals surface area contributed by atoms with E-state index in [2.05, 4.69) is 39.2 Å². The first-order valence-corrected chi connectivity index (χ1v) is 10.6. The van der Waals surface area contributed by atoms with Crippen LogP contribution in [0.1, 0.15) is 5.56 Å². The molecule has 9 heteroatoms. The van der Waals surface area contributed by atoms with Crippen molar-refractivity contribution in [2.45, 2.75) is 6.29 Å². The van der Waals surface area contributed by atoms with E-state index >= 15 is 0 Å². The molecule has 1 heterocycles. The van der Waals surface area contributed by atoms with Crippen LogP contribution in [0.4, 0.5) is 0 Å². The summed E-state index contributed by atoms with van der Waals surface area (Å²) in [5.41, 5.74) is 2.27. The summed E-state index contributed by atoms with van der Waals surface area (Å²) in [4.78, 5) is 0. The molecule has 0 bridgehead atoms.